The van der Waals surface area contributed by atoms with E-state index in [0.717, 1.165) is 16.7 Å². The average molecular weight is 491 g/mol. The second-order valence-corrected chi connectivity index (χ2v) is 8.64. The molecule has 0 aliphatic carbocycles. The molecule has 1 aliphatic heterocycles. The normalized spacial score (nSPS) is 15.5. The van der Waals surface area contributed by atoms with Crippen molar-refractivity contribution in [2.24, 2.45) is 0 Å². The van der Waals surface area contributed by atoms with Crippen LogP contribution in [0.2, 0.25) is 0 Å². The average Bonchev–Trinajstić information content (AvgIpc) is 2.91. The molecule has 0 radical (unpaired) electrons. The number of methoxy groups -OCH3 is 2. The molecule has 4 rings (SSSR count). The number of ether oxygens (including phenoxy) is 3. The van der Waals surface area contributed by atoms with Crippen molar-refractivity contribution >= 4 is 11.6 Å². The second kappa shape index (κ2) is 11.1. The van der Waals surface area contributed by atoms with Crippen LogP contribution in [0.4, 0.5) is 5.69 Å². The topological polar surface area (TPSA) is 91.1 Å². The van der Waals surface area contributed by atoms with E-state index in [1.807, 2.05) is 54.3 Å². The van der Waals surface area contributed by atoms with Crippen molar-refractivity contribution in [1.82, 2.24) is 4.90 Å². The van der Waals surface area contributed by atoms with Crippen molar-refractivity contribution in [3.63, 3.8) is 0 Å². The minimum Gasteiger partial charge on any atom is -0.493 e. The van der Waals surface area contributed by atoms with E-state index in [1.165, 1.54) is 12.1 Å². The third-order valence-electron chi connectivity index (χ3n) is 6.65. The Morgan fingerprint density at radius 1 is 1.06 bits per heavy atom. The monoisotopic (exact) mass is 490 g/mol. The smallest absolute Gasteiger partial charge is 0.269 e. The van der Waals surface area contributed by atoms with Gasteiger partial charge in [0, 0.05) is 18.7 Å². The summed E-state index contributed by atoms with van der Waals surface area (Å²) >= 11 is 0. The number of nitrogens with zero attached hydrogens (tertiary/aromatic N) is 2. The number of nitro groups is 1. The summed E-state index contributed by atoms with van der Waals surface area (Å²) in [5, 5.41) is 11.0. The Balaban J connectivity index is 1.68. The highest BCUT2D eigenvalue weighted by Crippen LogP contribution is 2.40. The zero-order valence-electron chi connectivity index (χ0n) is 20.7. The summed E-state index contributed by atoms with van der Waals surface area (Å²) in [5.74, 6) is 1.50. The molecule has 1 aliphatic rings. The van der Waals surface area contributed by atoms with Crippen LogP contribution in [-0.2, 0) is 11.2 Å². The third-order valence-corrected chi connectivity index (χ3v) is 6.65. The van der Waals surface area contributed by atoms with Gasteiger partial charge in [-0.2, -0.15) is 0 Å². The summed E-state index contributed by atoms with van der Waals surface area (Å²) in [6, 6.07) is 19.3. The molecule has 0 bridgehead atoms. The lowest BCUT2D eigenvalue weighted by atomic mass is 9.89. The van der Waals surface area contributed by atoms with Gasteiger partial charge in [-0.05, 0) is 53.8 Å². The minimum atomic E-state index is -0.449. The van der Waals surface area contributed by atoms with Gasteiger partial charge in [0.05, 0.1) is 31.1 Å². The molecule has 0 spiro atoms. The van der Waals surface area contributed by atoms with E-state index in [2.05, 4.69) is 0 Å². The van der Waals surface area contributed by atoms with E-state index < -0.39 is 4.92 Å². The highest BCUT2D eigenvalue weighted by atomic mass is 16.6. The van der Waals surface area contributed by atoms with Gasteiger partial charge < -0.3 is 19.1 Å². The van der Waals surface area contributed by atoms with Crippen LogP contribution in [0, 0.1) is 10.1 Å². The van der Waals surface area contributed by atoms with Gasteiger partial charge in [0.2, 0.25) is 5.91 Å². The predicted molar refractivity (Wildman–Crippen MR) is 136 cm³/mol. The number of carbonyl (C=O) groups excluding carboxylic acids is 1. The Kier molecular flexibility index (Phi) is 7.73. The lowest BCUT2D eigenvalue weighted by molar-refractivity contribution is -0.384. The van der Waals surface area contributed by atoms with E-state index in [1.54, 1.807) is 26.4 Å². The fourth-order valence-corrected chi connectivity index (χ4v) is 4.75. The first-order valence-electron chi connectivity index (χ1n) is 11.9. The molecule has 0 fully saturated rings. The number of benzene rings is 3. The van der Waals surface area contributed by atoms with Crippen LogP contribution in [0.1, 0.15) is 42.0 Å². The van der Waals surface area contributed by atoms with Crippen LogP contribution in [0.5, 0.6) is 17.2 Å². The van der Waals surface area contributed by atoms with Gasteiger partial charge in [0.15, 0.2) is 11.5 Å². The van der Waals surface area contributed by atoms with Crippen molar-refractivity contribution in [1.29, 1.82) is 0 Å². The summed E-state index contributed by atoms with van der Waals surface area (Å²) in [6.45, 7) is 2.75. The molecule has 1 amide bonds. The van der Waals surface area contributed by atoms with Crippen molar-refractivity contribution in [3.05, 3.63) is 93.5 Å². The predicted octanol–water partition coefficient (Wildman–Crippen LogP) is 5.31. The molecule has 188 valence electrons. The van der Waals surface area contributed by atoms with Crippen molar-refractivity contribution < 1.29 is 23.9 Å². The Bertz CT molecular complexity index is 1210. The molecule has 0 aromatic heterocycles. The van der Waals surface area contributed by atoms with Gasteiger partial charge in [-0.15, -0.1) is 0 Å². The zero-order chi connectivity index (χ0) is 25.7. The van der Waals surface area contributed by atoms with Crippen LogP contribution < -0.4 is 14.2 Å². The van der Waals surface area contributed by atoms with Crippen LogP contribution in [0.25, 0.3) is 0 Å². The molecular formula is C28H30N2O6. The Morgan fingerprint density at radius 3 is 2.33 bits per heavy atom. The Hall–Kier alpha value is -4.07. The number of rotatable bonds is 9. The number of carbonyl (C=O) groups is 1. The quantitative estimate of drug-likeness (QED) is 0.298. The first-order valence-corrected chi connectivity index (χ1v) is 11.9. The maximum Gasteiger partial charge on any atom is 0.269 e. The van der Waals surface area contributed by atoms with Gasteiger partial charge in [-0.25, -0.2) is 0 Å². The number of non-ortho nitro benzene ring substituents is 1. The molecule has 2 atom stereocenters. The molecule has 0 saturated carbocycles. The number of hydrogen-bond donors (Lipinski definition) is 0. The summed E-state index contributed by atoms with van der Waals surface area (Å²) < 4.78 is 17.1. The number of amides is 1. The van der Waals surface area contributed by atoms with Crippen molar-refractivity contribution in [3.8, 4) is 17.2 Å². The Morgan fingerprint density at radius 2 is 1.72 bits per heavy atom. The highest BCUT2D eigenvalue weighted by Gasteiger charge is 2.36. The maximum atomic E-state index is 13.9. The van der Waals surface area contributed by atoms with Gasteiger partial charge >= 0.3 is 0 Å². The molecule has 0 unspecified atom stereocenters. The summed E-state index contributed by atoms with van der Waals surface area (Å²) in [5.41, 5.74) is 2.99. The standard InChI is InChI=1S/C28H30N2O6/c1-4-23(19-8-6-5-7-9-19)28(31)29-15-14-20-16-26(34-2)27(35-3)17-24(20)25(29)18-36-22-12-10-21(11-13-22)30(32)33/h5-13,16-17,23,25H,4,14-15,18H2,1-3H3/t23-,25-/m0/s1. The van der Waals surface area contributed by atoms with E-state index in [-0.39, 0.29) is 30.2 Å². The molecule has 1 heterocycles. The fraction of sp³-hybridized carbons (Fsp3) is 0.321. The zero-order valence-corrected chi connectivity index (χ0v) is 20.7. The molecule has 0 saturated heterocycles. The number of nitro benzene ring substituents is 1. The number of fused-ring (bicyclic) bond motifs is 1. The molecule has 3 aromatic carbocycles. The first kappa shape index (κ1) is 25.0. The molecule has 8 heteroatoms. The van der Waals surface area contributed by atoms with Crippen LogP contribution >= 0.6 is 0 Å². The van der Waals surface area contributed by atoms with Gasteiger partial charge in [0.1, 0.15) is 12.4 Å². The molecule has 8 nitrogen and oxygen atoms in total. The SMILES string of the molecule is CC[C@H](C(=O)N1CCc2cc(OC)c(OC)cc2[C@@H]1COc1ccc([N+](=O)[O-])cc1)c1ccccc1. The molecule has 3 aromatic rings. The fourth-order valence-electron chi connectivity index (χ4n) is 4.75. The second-order valence-electron chi connectivity index (χ2n) is 8.64. The lowest BCUT2D eigenvalue weighted by Gasteiger charge is -2.39. The highest BCUT2D eigenvalue weighted by molar-refractivity contribution is 5.84. The molecular weight excluding hydrogens is 460 g/mol. The van der Waals surface area contributed by atoms with E-state index in [0.29, 0.717) is 36.6 Å². The van der Waals surface area contributed by atoms with E-state index in [9.17, 15) is 14.9 Å². The van der Waals surface area contributed by atoms with Crippen LogP contribution in [-0.4, -0.2) is 43.1 Å². The van der Waals surface area contributed by atoms with Crippen molar-refractivity contribution in [2.75, 3.05) is 27.4 Å². The summed E-state index contributed by atoms with van der Waals surface area (Å²) in [4.78, 5) is 26.3. The summed E-state index contributed by atoms with van der Waals surface area (Å²) in [6.07, 6.45) is 1.36. The molecule has 36 heavy (non-hydrogen) atoms. The van der Waals surface area contributed by atoms with Gasteiger partial charge in [0.25, 0.3) is 5.69 Å². The minimum absolute atomic E-state index is 0.00681. The first-order chi connectivity index (χ1) is 17.5. The largest absolute Gasteiger partial charge is 0.493 e. The maximum absolute atomic E-state index is 13.9. The number of hydrogen-bond acceptors (Lipinski definition) is 6. The van der Waals surface area contributed by atoms with E-state index in [4.69, 9.17) is 14.2 Å². The molecule has 0 N–H and O–H groups in total. The van der Waals surface area contributed by atoms with Gasteiger partial charge in [-0.3, -0.25) is 14.9 Å². The van der Waals surface area contributed by atoms with Gasteiger partial charge in [-0.1, -0.05) is 37.3 Å². The van der Waals surface area contributed by atoms with E-state index >= 15 is 0 Å². The Labute approximate surface area is 210 Å². The van der Waals surface area contributed by atoms with Crippen LogP contribution in [0.15, 0.2) is 66.7 Å². The summed E-state index contributed by atoms with van der Waals surface area (Å²) in [7, 11) is 3.19. The van der Waals surface area contributed by atoms with Crippen molar-refractivity contribution in [2.45, 2.75) is 31.7 Å². The van der Waals surface area contributed by atoms with Crippen LogP contribution in [0.3, 0.4) is 0 Å². The third kappa shape index (κ3) is 5.12. The lowest BCUT2D eigenvalue weighted by Crippen LogP contribution is -2.44.